The Hall–Kier alpha value is -1.16. The summed E-state index contributed by atoms with van der Waals surface area (Å²) in [6.07, 6.45) is 1.58. The minimum Gasteiger partial charge on any atom is -0.385 e. The van der Waals surface area contributed by atoms with Gasteiger partial charge in [0.25, 0.3) is 0 Å². The Labute approximate surface area is 142 Å². The number of aliphatic hydroxyl groups is 1. The van der Waals surface area contributed by atoms with Crippen LogP contribution in [0.1, 0.15) is 38.9 Å². The summed E-state index contributed by atoms with van der Waals surface area (Å²) >= 11 is 0. The minimum absolute atomic E-state index is 0.333. The molecule has 0 aromatic heterocycles. The lowest BCUT2D eigenvalue weighted by molar-refractivity contribution is -0.0951. The lowest BCUT2D eigenvalue weighted by Crippen LogP contribution is -2.34. The molecule has 3 heteroatoms. The van der Waals surface area contributed by atoms with Crippen molar-refractivity contribution in [3.05, 3.63) is 59.8 Å². The molecular weight excluding hydrogens is 300 g/mol. The number of hydrogen-bond acceptors (Lipinski definition) is 2. The van der Waals surface area contributed by atoms with Crippen LogP contribution in [0.25, 0.3) is 0 Å². The van der Waals surface area contributed by atoms with Crippen LogP contribution in [0.3, 0.4) is 0 Å². The average molecular weight is 333 g/mol. The summed E-state index contributed by atoms with van der Waals surface area (Å²) in [6, 6.07) is 9.75. The molecule has 128 valence electrons. The molecule has 2 nitrogen and oxygen atoms in total. The van der Waals surface area contributed by atoms with Crippen molar-refractivity contribution in [3.63, 3.8) is 0 Å². The molecule has 0 aliphatic carbocycles. The zero-order valence-corrected chi connectivity index (χ0v) is 16.5. The van der Waals surface area contributed by atoms with Gasteiger partial charge in [-0.15, -0.1) is 6.58 Å². The Morgan fingerprint density at radius 2 is 1.78 bits per heavy atom. The van der Waals surface area contributed by atoms with Crippen LogP contribution in [0.15, 0.2) is 54.3 Å². The van der Waals surface area contributed by atoms with Crippen LogP contribution >= 0.6 is 0 Å². The van der Waals surface area contributed by atoms with E-state index >= 15 is 0 Å². The Morgan fingerprint density at radius 1 is 1.22 bits per heavy atom. The van der Waals surface area contributed by atoms with Crippen molar-refractivity contribution in [2.24, 2.45) is 0 Å². The molecule has 0 fully saturated rings. The molecule has 0 aliphatic rings. The van der Waals surface area contributed by atoms with Gasteiger partial charge in [0.15, 0.2) is 0 Å². The van der Waals surface area contributed by atoms with E-state index in [1.54, 1.807) is 0 Å². The molecule has 0 saturated heterocycles. The van der Waals surface area contributed by atoms with E-state index in [2.05, 4.69) is 31.9 Å². The standard InChI is InChI=1S/C20H32O2Si/c1-8-12-17(15-23(5,6)7)19(22-20(2,3)4)18(21)16-13-10-9-11-14-16/h8-11,13-15,18-19,21H,1,12H2,2-7H3/b17-15+/t18-,19-/m1/s1. The van der Waals surface area contributed by atoms with E-state index in [1.165, 1.54) is 0 Å². The van der Waals surface area contributed by atoms with Gasteiger partial charge in [-0.05, 0) is 38.3 Å². The molecule has 0 bridgehead atoms. The highest BCUT2D eigenvalue weighted by molar-refractivity contribution is 6.81. The fourth-order valence-corrected chi connectivity index (χ4v) is 3.92. The van der Waals surface area contributed by atoms with E-state index in [0.29, 0.717) is 0 Å². The maximum Gasteiger partial charge on any atom is 0.109 e. The molecule has 0 saturated carbocycles. The maximum absolute atomic E-state index is 11.0. The number of benzene rings is 1. The van der Waals surface area contributed by atoms with Gasteiger partial charge < -0.3 is 9.84 Å². The van der Waals surface area contributed by atoms with Crippen molar-refractivity contribution in [1.82, 2.24) is 0 Å². The predicted octanol–water partition coefficient (Wildman–Crippen LogP) is 5.28. The third-order valence-corrected chi connectivity index (χ3v) is 4.51. The number of ether oxygens (including phenoxy) is 1. The Balaban J connectivity index is 3.26. The van der Waals surface area contributed by atoms with Crippen LogP contribution in [0.4, 0.5) is 0 Å². The van der Waals surface area contributed by atoms with Crippen LogP contribution in [0, 0.1) is 0 Å². The molecule has 2 atom stereocenters. The largest absolute Gasteiger partial charge is 0.385 e. The molecule has 0 aliphatic heterocycles. The summed E-state index contributed by atoms with van der Waals surface area (Å²) in [4.78, 5) is 0. The van der Waals surface area contributed by atoms with E-state index in [0.717, 1.165) is 17.6 Å². The summed E-state index contributed by atoms with van der Waals surface area (Å²) in [5.74, 6) is 0. The van der Waals surface area contributed by atoms with Gasteiger partial charge in [0, 0.05) is 0 Å². The highest BCUT2D eigenvalue weighted by atomic mass is 28.3. The van der Waals surface area contributed by atoms with Gasteiger partial charge in [0.05, 0.1) is 13.7 Å². The van der Waals surface area contributed by atoms with Crippen molar-refractivity contribution in [2.75, 3.05) is 0 Å². The number of hydrogen-bond donors (Lipinski definition) is 1. The predicted molar refractivity (Wildman–Crippen MR) is 102 cm³/mol. The summed E-state index contributed by atoms with van der Waals surface area (Å²) in [7, 11) is -1.44. The number of aliphatic hydroxyl groups excluding tert-OH is 1. The molecule has 0 unspecified atom stereocenters. The second-order valence-corrected chi connectivity index (χ2v) is 13.1. The average Bonchev–Trinajstić information content (AvgIpc) is 2.42. The fourth-order valence-electron chi connectivity index (χ4n) is 2.53. The van der Waals surface area contributed by atoms with Crippen molar-refractivity contribution < 1.29 is 9.84 Å². The van der Waals surface area contributed by atoms with Crippen molar-refractivity contribution in [1.29, 1.82) is 0 Å². The first-order valence-corrected chi connectivity index (χ1v) is 11.8. The van der Waals surface area contributed by atoms with Crippen molar-refractivity contribution >= 4 is 8.07 Å². The first-order chi connectivity index (χ1) is 10.5. The Kier molecular flexibility index (Phi) is 6.99. The second-order valence-electron chi connectivity index (χ2n) is 8.08. The molecule has 0 radical (unpaired) electrons. The third kappa shape index (κ3) is 7.29. The summed E-state index contributed by atoms with van der Waals surface area (Å²) in [5, 5.41) is 11.0. The molecule has 1 N–H and O–H groups in total. The van der Waals surface area contributed by atoms with Gasteiger partial charge in [-0.1, -0.05) is 61.7 Å². The fraction of sp³-hybridized carbons (Fsp3) is 0.500. The molecule has 0 amide bonds. The highest BCUT2D eigenvalue weighted by Crippen LogP contribution is 2.31. The first kappa shape index (κ1) is 19.9. The van der Waals surface area contributed by atoms with Crippen LogP contribution in [0.2, 0.25) is 19.6 Å². The lowest BCUT2D eigenvalue weighted by Gasteiger charge is -2.33. The summed E-state index contributed by atoms with van der Waals surface area (Å²) in [6.45, 7) is 16.8. The SMILES string of the molecule is C=CC/C(=C\[Si](C)(C)C)[C@@H](OC(C)(C)C)[C@H](O)c1ccccc1. The van der Waals surface area contributed by atoms with Crippen LogP contribution in [0.5, 0.6) is 0 Å². The Morgan fingerprint density at radius 3 is 2.22 bits per heavy atom. The van der Waals surface area contributed by atoms with Crippen molar-refractivity contribution in [3.8, 4) is 0 Å². The van der Waals surface area contributed by atoms with Gasteiger partial charge in [-0.2, -0.15) is 0 Å². The molecule has 1 aromatic rings. The van der Waals surface area contributed by atoms with E-state index < -0.39 is 14.2 Å². The minimum atomic E-state index is -1.44. The normalized spacial score (nSPS) is 16.0. The monoisotopic (exact) mass is 332 g/mol. The lowest BCUT2D eigenvalue weighted by atomic mass is 9.96. The zero-order valence-electron chi connectivity index (χ0n) is 15.5. The molecule has 0 heterocycles. The number of rotatable bonds is 7. The quantitative estimate of drug-likeness (QED) is 0.543. The van der Waals surface area contributed by atoms with Gasteiger partial charge in [-0.3, -0.25) is 0 Å². The van der Waals surface area contributed by atoms with Crippen molar-refractivity contribution in [2.45, 2.75) is 64.6 Å². The van der Waals surface area contributed by atoms with Gasteiger partial charge >= 0.3 is 0 Å². The molecule has 0 spiro atoms. The summed E-state index contributed by atoms with van der Waals surface area (Å²) in [5.41, 5.74) is 4.01. The van der Waals surface area contributed by atoms with Crippen LogP contribution in [-0.4, -0.2) is 24.9 Å². The van der Waals surface area contributed by atoms with Crippen LogP contribution < -0.4 is 0 Å². The summed E-state index contributed by atoms with van der Waals surface area (Å²) < 4.78 is 6.27. The second kappa shape index (κ2) is 8.09. The first-order valence-electron chi connectivity index (χ1n) is 8.27. The zero-order chi connectivity index (χ0) is 17.7. The van der Waals surface area contributed by atoms with Crippen LogP contribution in [-0.2, 0) is 4.74 Å². The topological polar surface area (TPSA) is 29.5 Å². The molecule has 1 rings (SSSR count). The Bertz CT molecular complexity index is 521. The molecule has 1 aromatic carbocycles. The molecule has 23 heavy (non-hydrogen) atoms. The maximum atomic E-state index is 11.0. The molecular formula is C20H32O2Si. The third-order valence-electron chi connectivity index (χ3n) is 3.27. The van der Waals surface area contributed by atoms with Gasteiger partial charge in [-0.25, -0.2) is 0 Å². The van der Waals surface area contributed by atoms with Gasteiger partial charge in [0.1, 0.15) is 12.2 Å². The van der Waals surface area contributed by atoms with E-state index in [4.69, 9.17) is 4.74 Å². The van der Waals surface area contributed by atoms with E-state index in [9.17, 15) is 5.11 Å². The smallest absolute Gasteiger partial charge is 0.109 e. The van der Waals surface area contributed by atoms with E-state index in [1.807, 2.05) is 57.2 Å². The van der Waals surface area contributed by atoms with E-state index in [-0.39, 0.29) is 11.7 Å². The highest BCUT2D eigenvalue weighted by Gasteiger charge is 2.30. The number of allylic oxidation sites excluding steroid dienone is 1. The van der Waals surface area contributed by atoms with Gasteiger partial charge in [0.2, 0.25) is 0 Å².